The third-order valence-electron chi connectivity index (χ3n) is 4.83. The lowest BCUT2D eigenvalue weighted by atomic mass is 9.90. The number of ether oxygens (including phenoxy) is 1. The predicted octanol–water partition coefficient (Wildman–Crippen LogP) is 3.70. The number of fused-ring (bicyclic) bond motifs is 1. The van der Waals surface area contributed by atoms with Crippen molar-refractivity contribution in [3.8, 4) is 0 Å². The Morgan fingerprint density at radius 3 is 2.27 bits per heavy atom. The second-order valence-corrected chi connectivity index (χ2v) is 8.50. The third-order valence-corrected chi connectivity index (χ3v) is 4.83. The minimum absolute atomic E-state index is 0.144. The van der Waals surface area contributed by atoms with Crippen LogP contribution in [0, 0.1) is 12.8 Å². The molecule has 2 aromatic carbocycles. The molecule has 0 saturated carbocycles. The molecule has 0 saturated heterocycles. The van der Waals surface area contributed by atoms with Gasteiger partial charge in [-0.05, 0) is 45.7 Å². The van der Waals surface area contributed by atoms with Gasteiger partial charge in [-0.3, -0.25) is 14.4 Å². The first-order chi connectivity index (χ1) is 14.1. The van der Waals surface area contributed by atoms with Crippen LogP contribution in [0.2, 0.25) is 0 Å². The molecule has 0 heterocycles. The average molecular weight is 407 g/mol. The maximum absolute atomic E-state index is 13.3. The molecule has 6 nitrogen and oxygen atoms in total. The maximum Gasteiger partial charge on any atom is 0.408 e. The maximum atomic E-state index is 13.3. The number of benzene rings is 2. The van der Waals surface area contributed by atoms with Crippen molar-refractivity contribution in [3.05, 3.63) is 70.8 Å². The summed E-state index contributed by atoms with van der Waals surface area (Å²) in [6, 6.07) is 12.9. The number of aryl methyl sites for hydroxylation is 1. The van der Waals surface area contributed by atoms with Crippen molar-refractivity contribution in [1.29, 1.82) is 0 Å². The van der Waals surface area contributed by atoms with Gasteiger partial charge in [0.25, 0.3) is 0 Å². The minimum Gasteiger partial charge on any atom is -0.444 e. The lowest BCUT2D eigenvalue weighted by Crippen LogP contribution is -2.48. The first-order valence-corrected chi connectivity index (χ1v) is 9.83. The molecule has 1 N–H and O–H groups in total. The van der Waals surface area contributed by atoms with Crippen molar-refractivity contribution in [3.63, 3.8) is 0 Å². The molecule has 1 amide bonds. The summed E-state index contributed by atoms with van der Waals surface area (Å²) in [5, 5.41) is 2.56. The summed E-state index contributed by atoms with van der Waals surface area (Å²) < 4.78 is 5.28. The molecule has 0 aromatic heterocycles. The zero-order valence-electron chi connectivity index (χ0n) is 17.5. The smallest absolute Gasteiger partial charge is 0.408 e. The normalized spacial score (nSPS) is 16.7. The van der Waals surface area contributed by atoms with Crippen LogP contribution in [0.5, 0.6) is 0 Å². The lowest BCUT2D eigenvalue weighted by Gasteiger charge is -2.24. The molecule has 0 aliphatic heterocycles. The molecular formula is C24H25NO5. The molecule has 0 fully saturated rings. The number of hydrogen-bond donors (Lipinski definition) is 1. The summed E-state index contributed by atoms with van der Waals surface area (Å²) in [5.74, 6) is -3.13. The van der Waals surface area contributed by atoms with E-state index < -0.39 is 41.0 Å². The summed E-state index contributed by atoms with van der Waals surface area (Å²) in [5.41, 5.74) is 1.37. The SMILES string of the molecule is Cc1ccc2c(c1)C(=O)C(C(=O)[C@H](Cc1ccccc1)NC(=O)OC(C)(C)C)C2=O. The molecule has 6 heteroatoms. The second kappa shape index (κ2) is 8.22. The van der Waals surface area contributed by atoms with Gasteiger partial charge in [0.05, 0.1) is 6.04 Å². The Hall–Kier alpha value is -3.28. The van der Waals surface area contributed by atoms with Crippen LogP contribution in [0.25, 0.3) is 0 Å². The van der Waals surface area contributed by atoms with E-state index in [1.54, 1.807) is 39.0 Å². The number of nitrogens with one attached hydrogen (secondary N) is 1. The predicted molar refractivity (Wildman–Crippen MR) is 112 cm³/mol. The Labute approximate surface area is 175 Å². The van der Waals surface area contributed by atoms with Crippen molar-refractivity contribution in [2.45, 2.75) is 45.8 Å². The summed E-state index contributed by atoms with van der Waals surface area (Å²) in [4.78, 5) is 51.4. The molecule has 30 heavy (non-hydrogen) atoms. The number of alkyl carbamates (subject to hydrolysis) is 1. The summed E-state index contributed by atoms with van der Waals surface area (Å²) in [7, 11) is 0. The quantitative estimate of drug-likeness (QED) is 0.764. The van der Waals surface area contributed by atoms with E-state index in [2.05, 4.69) is 5.32 Å². The fourth-order valence-electron chi connectivity index (χ4n) is 3.49. The first kappa shape index (κ1) is 21.4. The summed E-state index contributed by atoms with van der Waals surface area (Å²) in [6.07, 6.45) is -0.631. The number of amides is 1. The zero-order chi connectivity index (χ0) is 22.1. The molecule has 1 unspecified atom stereocenters. The summed E-state index contributed by atoms with van der Waals surface area (Å²) >= 11 is 0. The van der Waals surface area contributed by atoms with E-state index in [0.29, 0.717) is 0 Å². The Kier molecular flexibility index (Phi) is 5.87. The van der Waals surface area contributed by atoms with Crippen LogP contribution in [0.1, 0.15) is 52.6 Å². The van der Waals surface area contributed by atoms with Gasteiger partial charge in [0.2, 0.25) is 0 Å². The fraction of sp³-hybridized carbons (Fsp3) is 0.333. The van der Waals surface area contributed by atoms with E-state index >= 15 is 0 Å². The van der Waals surface area contributed by atoms with Crippen molar-refractivity contribution in [1.82, 2.24) is 5.32 Å². The van der Waals surface area contributed by atoms with E-state index in [4.69, 9.17) is 4.74 Å². The van der Waals surface area contributed by atoms with Crippen LogP contribution >= 0.6 is 0 Å². The van der Waals surface area contributed by atoms with Crippen molar-refractivity contribution >= 4 is 23.4 Å². The fourth-order valence-corrected chi connectivity index (χ4v) is 3.49. The highest BCUT2D eigenvalue weighted by Gasteiger charge is 2.46. The highest BCUT2D eigenvalue weighted by molar-refractivity contribution is 6.36. The van der Waals surface area contributed by atoms with Gasteiger partial charge in [0, 0.05) is 11.1 Å². The Balaban J connectivity index is 1.89. The topological polar surface area (TPSA) is 89.5 Å². The van der Waals surface area contributed by atoms with Gasteiger partial charge >= 0.3 is 6.09 Å². The van der Waals surface area contributed by atoms with Gasteiger partial charge in [-0.1, -0.05) is 48.0 Å². The van der Waals surface area contributed by atoms with E-state index in [1.807, 2.05) is 37.3 Å². The monoisotopic (exact) mass is 407 g/mol. The van der Waals surface area contributed by atoms with E-state index in [0.717, 1.165) is 11.1 Å². The van der Waals surface area contributed by atoms with Crippen molar-refractivity contribution in [2.75, 3.05) is 0 Å². The van der Waals surface area contributed by atoms with Crippen LogP contribution < -0.4 is 5.32 Å². The Bertz CT molecular complexity index is 1000. The largest absolute Gasteiger partial charge is 0.444 e. The molecule has 0 spiro atoms. The van der Waals surface area contributed by atoms with Gasteiger partial charge < -0.3 is 10.1 Å². The number of carbonyl (C=O) groups is 4. The van der Waals surface area contributed by atoms with Crippen LogP contribution in [-0.2, 0) is 16.0 Å². The van der Waals surface area contributed by atoms with Crippen molar-refractivity contribution < 1.29 is 23.9 Å². The van der Waals surface area contributed by atoms with Gasteiger partial charge in [-0.25, -0.2) is 4.79 Å². The van der Waals surface area contributed by atoms with Crippen LogP contribution in [0.15, 0.2) is 48.5 Å². The zero-order valence-corrected chi connectivity index (χ0v) is 17.5. The van der Waals surface area contributed by atoms with E-state index in [-0.39, 0.29) is 17.5 Å². The van der Waals surface area contributed by atoms with Crippen molar-refractivity contribution in [2.24, 2.45) is 5.92 Å². The summed E-state index contributed by atoms with van der Waals surface area (Å²) in [6.45, 7) is 6.95. The van der Waals surface area contributed by atoms with Gasteiger partial charge in [0.15, 0.2) is 17.3 Å². The number of ketones is 3. The molecular weight excluding hydrogens is 382 g/mol. The number of rotatable bonds is 5. The third kappa shape index (κ3) is 4.64. The van der Waals surface area contributed by atoms with E-state index in [1.165, 1.54) is 0 Å². The molecule has 0 bridgehead atoms. The Morgan fingerprint density at radius 2 is 1.63 bits per heavy atom. The molecule has 0 radical (unpaired) electrons. The average Bonchev–Trinajstić information content (AvgIpc) is 2.90. The van der Waals surface area contributed by atoms with Crippen LogP contribution in [-0.4, -0.2) is 35.1 Å². The van der Waals surface area contributed by atoms with Crippen LogP contribution in [0.4, 0.5) is 4.79 Å². The standard InChI is InChI=1S/C24H25NO5/c1-14-10-11-16-17(12-14)21(27)19(20(16)26)22(28)18(13-15-8-6-5-7-9-15)25-23(29)30-24(2,3)4/h5-12,18-19H,13H2,1-4H3,(H,25,29)/t18-,19?/m0/s1. The molecule has 156 valence electrons. The minimum atomic E-state index is -1.45. The van der Waals surface area contributed by atoms with E-state index in [9.17, 15) is 19.2 Å². The second-order valence-electron chi connectivity index (χ2n) is 8.50. The molecule has 1 aliphatic rings. The van der Waals surface area contributed by atoms with Gasteiger partial charge in [0.1, 0.15) is 11.5 Å². The molecule has 2 aromatic rings. The lowest BCUT2D eigenvalue weighted by molar-refractivity contribution is -0.122. The number of carbonyl (C=O) groups excluding carboxylic acids is 4. The highest BCUT2D eigenvalue weighted by Crippen LogP contribution is 2.29. The van der Waals surface area contributed by atoms with Gasteiger partial charge in [-0.2, -0.15) is 0 Å². The number of Topliss-reactive ketones (excluding diaryl/α,β-unsaturated/α-hetero) is 3. The van der Waals surface area contributed by atoms with Crippen LogP contribution in [0.3, 0.4) is 0 Å². The Morgan fingerprint density at radius 1 is 1.00 bits per heavy atom. The molecule has 3 rings (SSSR count). The number of hydrogen-bond acceptors (Lipinski definition) is 5. The molecule has 2 atom stereocenters. The first-order valence-electron chi connectivity index (χ1n) is 9.83. The van der Waals surface area contributed by atoms with Gasteiger partial charge in [-0.15, -0.1) is 0 Å². The highest BCUT2D eigenvalue weighted by atomic mass is 16.6. The molecule has 1 aliphatic carbocycles.